The van der Waals surface area contributed by atoms with Crippen molar-refractivity contribution in [1.82, 2.24) is 19.5 Å². The summed E-state index contributed by atoms with van der Waals surface area (Å²) in [4.78, 5) is 22.1. The van der Waals surface area contributed by atoms with Crippen LogP contribution in [0.4, 0.5) is 0 Å². The minimum Gasteiger partial charge on any atom is -0.391 e. The molecule has 0 unspecified atom stereocenters. The number of hydrogen-bond donors (Lipinski definition) is 2. The first-order valence-electron chi connectivity index (χ1n) is 5.35. The third kappa shape index (κ3) is 1.26. The number of H-pyrrole nitrogens is 1. The fourth-order valence-corrected chi connectivity index (χ4v) is 2.35. The smallest absolute Gasteiger partial charge is 0.278 e. The Labute approximate surface area is 91.0 Å². The molecule has 3 rings (SSSR count). The zero-order valence-electron chi connectivity index (χ0n) is 8.63. The molecule has 0 saturated heterocycles. The van der Waals surface area contributed by atoms with E-state index in [0.717, 1.165) is 19.3 Å². The molecule has 16 heavy (non-hydrogen) atoms. The fourth-order valence-electron chi connectivity index (χ4n) is 2.35. The first kappa shape index (κ1) is 9.53. The molecule has 1 aliphatic carbocycles. The van der Waals surface area contributed by atoms with Crippen molar-refractivity contribution < 1.29 is 5.11 Å². The standard InChI is InChI=1S/C10H12N4O2/c15-7-3-1-2-6(7)14-5-13-8-9(14)11-4-12-10(8)16/h4-7,15H,1-3H2,(H,11,12,16)/t6-,7+/m0/s1. The van der Waals surface area contributed by atoms with Gasteiger partial charge in [-0.2, -0.15) is 0 Å². The van der Waals surface area contributed by atoms with Crippen molar-refractivity contribution in [2.75, 3.05) is 0 Å². The third-order valence-electron chi connectivity index (χ3n) is 3.17. The monoisotopic (exact) mass is 220 g/mol. The third-order valence-corrected chi connectivity index (χ3v) is 3.17. The largest absolute Gasteiger partial charge is 0.391 e. The Morgan fingerprint density at radius 1 is 1.44 bits per heavy atom. The summed E-state index contributed by atoms with van der Waals surface area (Å²) in [6.45, 7) is 0. The van der Waals surface area contributed by atoms with Crippen LogP contribution in [0.3, 0.4) is 0 Å². The van der Waals surface area contributed by atoms with Crippen molar-refractivity contribution in [3.8, 4) is 0 Å². The molecule has 0 amide bonds. The van der Waals surface area contributed by atoms with Gasteiger partial charge in [0.15, 0.2) is 11.2 Å². The highest BCUT2D eigenvalue weighted by Crippen LogP contribution is 2.31. The summed E-state index contributed by atoms with van der Waals surface area (Å²) in [7, 11) is 0. The molecular formula is C10H12N4O2. The summed E-state index contributed by atoms with van der Waals surface area (Å²) in [6.07, 6.45) is 5.29. The van der Waals surface area contributed by atoms with E-state index in [1.807, 2.05) is 4.57 Å². The molecule has 0 bridgehead atoms. The maximum atomic E-state index is 11.5. The lowest BCUT2D eigenvalue weighted by Crippen LogP contribution is -2.18. The molecule has 2 aromatic rings. The van der Waals surface area contributed by atoms with Gasteiger partial charge in [-0.3, -0.25) is 4.79 Å². The summed E-state index contributed by atoms with van der Waals surface area (Å²) < 4.78 is 1.81. The second-order valence-corrected chi connectivity index (χ2v) is 4.12. The SMILES string of the molecule is O=c1[nH]cnc2c1ncn2[C@H]1CCC[C@H]1O. The Bertz CT molecular complexity index is 573. The first-order valence-corrected chi connectivity index (χ1v) is 5.35. The Morgan fingerprint density at radius 3 is 3.06 bits per heavy atom. The predicted octanol–water partition coefficient (Wildman–Crippen LogP) is 0.206. The van der Waals surface area contributed by atoms with Crippen molar-refractivity contribution >= 4 is 11.2 Å². The molecule has 1 aliphatic rings. The van der Waals surface area contributed by atoms with Crippen LogP contribution in [0.25, 0.3) is 11.2 Å². The average molecular weight is 220 g/mol. The lowest BCUT2D eigenvalue weighted by atomic mass is 10.2. The van der Waals surface area contributed by atoms with Crippen LogP contribution in [-0.4, -0.2) is 30.7 Å². The zero-order chi connectivity index (χ0) is 11.1. The van der Waals surface area contributed by atoms with E-state index in [1.54, 1.807) is 6.33 Å². The minimum atomic E-state index is -0.363. The van der Waals surface area contributed by atoms with Gasteiger partial charge in [-0.15, -0.1) is 0 Å². The number of aromatic amines is 1. The van der Waals surface area contributed by atoms with Crippen LogP contribution in [0.15, 0.2) is 17.4 Å². The van der Waals surface area contributed by atoms with E-state index in [4.69, 9.17) is 0 Å². The fraction of sp³-hybridized carbons (Fsp3) is 0.500. The number of imidazole rings is 1. The number of aliphatic hydroxyl groups excluding tert-OH is 1. The van der Waals surface area contributed by atoms with E-state index in [0.29, 0.717) is 11.2 Å². The number of hydrogen-bond acceptors (Lipinski definition) is 4. The summed E-state index contributed by atoms with van der Waals surface area (Å²) in [5.74, 6) is 0. The highest BCUT2D eigenvalue weighted by atomic mass is 16.3. The molecule has 0 spiro atoms. The van der Waals surface area contributed by atoms with Crippen LogP contribution in [0.1, 0.15) is 25.3 Å². The van der Waals surface area contributed by atoms with Gasteiger partial charge in [-0.05, 0) is 19.3 Å². The zero-order valence-corrected chi connectivity index (χ0v) is 8.63. The van der Waals surface area contributed by atoms with Crippen molar-refractivity contribution in [3.05, 3.63) is 23.0 Å². The van der Waals surface area contributed by atoms with Crippen molar-refractivity contribution in [2.24, 2.45) is 0 Å². The van der Waals surface area contributed by atoms with E-state index >= 15 is 0 Å². The van der Waals surface area contributed by atoms with Gasteiger partial charge in [0.25, 0.3) is 5.56 Å². The Hall–Kier alpha value is -1.69. The molecule has 1 fully saturated rings. The highest BCUT2D eigenvalue weighted by molar-refractivity contribution is 5.68. The van der Waals surface area contributed by atoms with Gasteiger partial charge in [0, 0.05) is 0 Å². The van der Waals surface area contributed by atoms with Gasteiger partial charge < -0.3 is 14.7 Å². The number of nitrogens with one attached hydrogen (secondary N) is 1. The molecule has 84 valence electrons. The molecule has 2 atom stereocenters. The van der Waals surface area contributed by atoms with E-state index in [9.17, 15) is 9.90 Å². The molecule has 2 N–H and O–H groups in total. The Morgan fingerprint density at radius 2 is 2.31 bits per heavy atom. The molecule has 6 heteroatoms. The molecule has 0 aromatic carbocycles. The van der Waals surface area contributed by atoms with Crippen LogP contribution < -0.4 is 5.56 Å². The van der Waals surface area contributed by atoms with Crippen molar-refractivity contribution in [2.45, 2.75) is 31.4 Å². The van der Waals surface area contributed by atoms with Crippen LogP contribution in [-0.2, 0) is 0 Å². The van der Waals surface area contributed by atoms with Crippen LogP contribution in [0, 0.1) is 0 Å². The maximum absolute atomic E-state index is 11.5. The van der Waals surface area contributed by atoms with Gasteiger partial charge in [0.1, 0.15) is 0 Å². The summed E-state index contributed by atoms with van der Waals surface area (Å²) >= 11 is 0. The molecule has 2 heterocycles. The molecular weight excluding hydrogens is 208 g/mol. The number of aromatic nitrogens is 4. The van der Waals surface area contributed by atoms with E-state index in [1.165, 1.54) is 6.33 Å². The van der Waals surface area contributed by atoms with E-state index in [2.05, 4.69) is 15.0 Å². The van der Waals surface area contributed by atoms with Crippen LogP contribution in [0.5, 0.6) is 0 Å². The van der Waals surface area contributed by atoms with Gasteiger partial charge in [-0.25, -0.2) is 9.97 Å². The van der Waals surface area contributed by atoms with E-state index in [-0.39, 0.29) is 17.7 Å². The van der Waals surface area contributed by atoms with Crippen molar-refractivity contribution in [3.63, 3.8) is 0 Å². The maximum Gasteiger partial charge on any atom is 0.278 e. The Kier molecular flexibility index (Phi) is 2.03. The number of fused-ring (bicyclic) bond motifs is 1. The average Bonchev–Trinajstić information content (AvgIpc) is 2.84. The number of nitrogens with zero attached hydrogens (tertiary/aromatic N) is 3. The summed E-state index contributed by atoms with van der Waals surface area (Å²) in [5.41, 5.74) is 0.646. The summed E-state index contributed by atoms with van der Waals surface area (Å²) in [5, 5.41) is 9.83. The lowest BCUT2D eigenvalue weighted by Gasteiger charge is -2.15. The van der Waals surface area contributed by atoms with Gasteiger partial charge >= 0.3 is 0 Å². The molecule has 1 saturated carbocycles. The summed E-state index contributed by atoms with van der Waals surface area (Å²) in [6, 6.07) is -0.000648. The van der Waals surface area contributed by atoms with E-state index < -0.39 is 0 Å². The Balaban J connectivity index is 2.18. The van der Waals surface area contributed by atoms with Crippen LogP contribution in [0.2, 0.25) is 0 Å². The quantitative estimate of drug-likeness (QED) is 0.719. The lowest BCUT2D eigenvalue weighted by molar-refractivity contribution is 0.138. The normalized spacial score (nSPS) is 25.3. The van der Waals surface area contributed by atoms with Gasteiger partial charge in [-0.1, -0.05) is 0 Å². The predicted molar refractivity (Wildman–Crippen MR) is 57.0 cm³/mol. The second-order valence-electron chi connectivity index (χ2n) is 4.12. The van der Waals surface area contributed by atoms with Crippen LogP contribution >= 0.6 is 0 Å². The minimum absolute atomic E-state index is 0.000648. The second kappa shape index (κ2) is 3.41. The highest BCUT2D eigenvalue weighted by Gasteiger charge is 2.28. The van der Waals surface area contributed by atoms with Crippen molar-refractivity contribution in [1.29, 1.82) is 0 Å². The first-order chi connectivity index (χ1) is 7.77. The number of aliphatic hydroxyl groups is 1. The molecule has 0 radical (unpaired) electrons. The van der Waals surface area contributed by atoms with Gasteiger partial charge in [0.2, 0.25) is 0 Å². The van der Waals surface area contributed by atoms with Gasteiger partial charge in [0.05, 0.1) is 24.8 Å². The molecule has 6 nitrogen and oxygen atoms in total. The number of rotatable bonds is 1. The topological polar surface area (TPSA) is 83.8 Å². The molecule has 2 aromatic heterocycles. The molecule has 0 aliphatic heterocycles.